The molecule has 3 N–H and O–H groups in total. The van der Waals surface area contributed by atoms with Gasteiger partial charge in [-0.2, -0.15) is 9.47 Å². The fourth-order valence-corrected chi connectivity index (χ4v) is 7.55. The van der Waals surface area contributed by atoms with Crippen LogP contribution in [0, 0.1) is 12.8 Å². The van der Waals surface area contributed by atoms with E-state index in [1.807, 2.05) is 55.5 Å². The van der Waals surface area contributed by atoms with Crippen molar-refractivity contribution in [1.29, 1.82) is 0 Å². The van der Waals surface area contributed by atoms with Gasteiger partial charge in [0.05, 0.1) is 27.7 Å². The number of carbonyl (C=O) groups excluding carboxylic acids is 2. The first kappa shape index (κ1) is 30.9. The average molecular weight is 649 g/mol. The molecular weight excluding hydrogens is 609 g/mol. The zero-order valence-electron chi connectivity index (χ0n) is 27.2. The first-order chi connectivity index (χ1) is 22.6. The molecule has 5 aromatic rings. The molecule has 2 fully saturated rings. The Morgan fingerprint density at radius 1 is 0.936 bits per heavy atom. The summed E-state index contributed by atoms with van der Waals surface area (Å²) in [5, 5.41) is 14.7. The van der Waals surface area contributed by atoms with Crippen molar-refractivity contribution in [3.05, 3.63) is 89.9 Å². The number of benzene rings is 2. The van der Waals surface area contributed by atoms with E-state index in [9.17, 15) is 9.59 Å². The van der Waals surface area contributed by atoms with Gasteiger partial charge in [-0.3, -0.25) is 10.6 Å². The molecule has 2 aliphatic heterocycles. The third-order valence-corrected chi connectivity index (χ3v) is 10.1. The van der Waals surface area contributed by atoms with E-state index in [1.54, 1.807) is 17.1 Å². The topological polar surface area (TPSA) is 117 Å². The van der Waals surface area contributed by atoms with Crippen LogP contribution in [0.25, 0.3) is 15.8 Å². The number of urea groups is 2. The molecule has 7 rings (SSSR count). The van der Waals surface area contributed by atoms with Crippen molar-refractivity contribution >= 4 is 51.0 Å². The molecule has 10 nitrogen and oxygen atoms in total. The zero-order chi connectivity index (χ0) is 32.7. The predicted molar refractivity (Wildman–Crippen MR) is 188 cm³/mol. The Morgan fingerprint density at radius 2 is 1.66 bits per heavy atom. The molecule has 0 saturated carbocycles. The number of aromatic nitrogens is 4. The van der Waals surface area contributed by atoms with E-state index < -0.39 is 0 Å². The van der Waals surface area contributed by atoms with Crippen LogP contribution in [0.4, 0.5) is 26.9 Å². The molecule has 2 saturated heterocycles. The van der Waals surface area contributed by atoms with Gasteiger partial charge in [0.15, 0.2) is 0 Å². The second kappa shape index (κ2) is 12.4. The first-order valence-corrected chi connectivity index (χ1v) is 17.0. The van der Waals surface area contributed by atoms with Gasteiger partial charge in [-0.15, -0.1) is 0 Å². The summed E-state index contributed by atoms with van der Waals surface area (Å²) in [4.78, 5) is 32.9. The van der Waals surface area contributed by atoms with E-state index in [0.717, 1.165) is 64.8 Å². The van der Waals surface area contributed by atoms with Gasteiger partial charge in [0.2, 0.25) is 0 Å². The fraction of sp³-hybridized carbons (Fsp3) is 0.361. The minimum Gasteiger partial charge on any atom is -0.319 e. The first-order valence-electron chi connectivity index (χ1n) is 16.2. The summed E-state index contributed by atoms with van der Waals surface area (Å²) in [5.74, 6) is 1.69. The quantitative estimate of drug-likeness (QED) is 0.172. The molecule has 2 bridgehead atoms. The molecule has 2 aliphatic rings. The summed E-state index contributed by atoms with van der Waals surface area (Å²) < 4.78 is 7.04. The van der Waals surface area contributed by atoms with Gasteiger partial charge >= 0.3 is 12.1 Å². The van der Waals surface area contributed by atoms with Crippen molar-refractivity contribution in [2.75, 3.05) is 16.0 Å². The molecule has 0 spiro atoms. The highest BCUT2D eigenvalue weighted by atomic mass is 32.1. The fourth-order valence-electron chi connectivity index (χ4n) is 6.90. The van der Waals surface area contributed by atoms with E-state index >= 15 is 0 Å². The Labute approximate surface area is 278 Å². The molecule has 11 heteroatoms. The monoisotopic (exact) mass is 648 g/mol. The summed E-state index contributed by atoms with van der Waals surface area (Å²) in [6.07, 6.45) is 8.46. The largest absolute Gasteiger partial charge is 0.324 e. The summed E-state index contributed by atoms with van der Waals surface area (Å²) in [6, 6.07) is 20.1. The summed E-state index contributed by atoms with van der Waals surface area (Å²) in [7, 11) is 0. The van der Waals surface area contributed by atoms with Crippen LogP contribution in [0.2, 0.25) is 0 Å². The van der Waals surface area contributed by atoms with E-state index in [4.69, 9.17) is 5.10 Å². The van der Waals surface area contributed by atoms with Gasteiger partial charge in [-0.05, 0) is 92.4 Å². The van der Waals surface area contributed by atoms with Crippen LogP contribution in [0.15, 0.2) is 73.1 Å². The number of piperidine rings is 1. The lowest BCUT2D eigenvalue weighted by molar-refractivity contribution is 0.131. The lowest BCUT2D eigenvalue weighted by Gasteiger charge is -2.39. The molecule has 2 unspecified atom stereocenters. The van der Waals surface area contributed by atoms with Crippen molar-refractivity contribution in [2.24, 2.45) is 5.92 Å². The number of anilines is 3. The van der Waals surface area contributed by atoms with Gasteiger partial charge in [-0.1, -0.05) is 50.6 Å². The molecule has 3 aromatic heterocycles. The SMILES string of the molecule is Cc1ccc(-n2nc(C(C)(C)C)cc2NC(=O)Nc2ccc(CC3CC4CCC(C3)N4C(=O)Nc3nccc4sncc34)cc2)cc1. The number of aryl methyl sites for hydroxylation is 1. The van der Waals surface area contributed by atoms with E-state index in [0.29, 0.717) is 17.6 Å². The minimum atomic E-state index is -0.324. The average Bonchev–Trinajstić information content (AvgIpc) is 3.75. The second-order valence-electron chi connectivity index (χ2n) is 13.8. The summed E-state index contributed by atoms with van der Waals surface area (Å²) in [6.45, 7) is 8.36. The Bertz CT molecular complexity index is 1890. The third-order valence-electron chi connectivity index (χ3n) is 9.31. The maximum atomic E-state index is 13.4. The lowest BCUT2D eigenvalue weighted by Crippen LogP contribution is -2.48. The van der Waals surface area contributed by atoms with Crippen LogP contribution in [0.3, 0.4) is 0 Å². The molecule has 0 radical (unpaired) electrons. The Hall–Kier alpha value is -4.77. The van der Waals surface area contributed by atoms with Crippen LogP contribution >= 0.6 is 11.5 Å². The van der Waals surface area contributed by atoms with E-state index in [2.05, 4.69) is 63.1 Å². The molecule has 242 valence electrons. The summed E-state index contributed by atoms with van der Waals surface area (Å²) in [5.41, 5.74) is 4.72. The number of rotatable bonds is 6. The number of carbonyl (C=O) groups is 2. The number of fused-ring (bicyclic) bond motifs is 3. The van der Waals surface area contributed by atoms with Crippen molar-refractivity contribution in [1.82, 2.24) is 24.0 Å². The number of nitrogens with one attached hydrogen (secondary N) is 3. The Balaban J connectivity index is 0.957. The standard InChI is InChI=1S/C36H40N8O2S/c1-22-5-11-26(12-6-22)44-32(20-31(42-44)36(2,3)4)40-34(45)39-25-9-7-23(8-10-25)17-24-18-27-13-14-28(19-24)43(27)35(46)41-33-29-21-38-47-30(29)15-16-37-33/h5-12,15-16,20-21,24,27-28H,13-14,17-19H2,1-4H3,(H,37,41,46)(H2,39,40,45). The highest BCUT2D eigenvalue weighted by Gasteiger charge is 2.43. The normalized spacial score (nSPS) is 19.1. The second-order valence-corrected chi connectivity index (χ2v) is 14.7. The van der Waals surface area contributed by atoms with Crippen molar-refractivity contribution in [3.8, 4) is 5.69 Å². The Morgan fingerprint density at radius 3 is 2.36 bits per heavy atom. The van der Waals surface area contributed by atoms with Gasteiger partial charge in [0.1, 0.15) is 11.6 Å². The third kappa shape index (κ3) is 6.58. The van der Waals surface area contributed by atoms with Gasteiger partial charge < -0.3 is 10.2 Å². The van der Waals surface area contributed by atoms with Crippen LogP contribution in [0.5, 0.6) is 0 Å². The smallest absolute Gasteiger partial charge is 0.319 e. The highest BCUT2D eigenvalue weighted by molar-refractivity contribution is 7.13. The van der Waals surface area contributed by atoms with Crippen LogP contribution in [-0.4, -0.2) is 48.2 Å². The van der Waals surface area contributed by atoms with Crippen LogP contribution in [-0.2, 0) is 11.8 Å². The van der Waals surface area contributed by atoms with Crippen molar-refractivity contribution in [3.63, 3.8) is 0 Å². The molecule has 5 heterocycles. The van der Waals surface area contributed by atoms with Gasteiger partial charge in [0, 0.05) is 35.4 Å². The van der Waals surface area contributed by atoms with Gasteiger partial charge in [0.25, 0.3) is 0 Å². The maximum Gasteiger partial charge on any atom is 0.324 e. The minimum absolute atomic E-state index is 0.0626. The summed E-state index contributed by atoms with van der Waals surface area (Å²) >= 11 is 1.40. The lowest BCUT2D eigenvalue weighted by atomic mass is 9.86. The molecule has 2 atom stereocenters. The molecule has 2 aromatic carbocycles. The number of pyridine rings is 1. The number of hydrogen-bond acceptors (Lipinski definition) is 6. The molecule has 0 aliphatic carbocycles. The van der Waals surface area contributed by atoms with Crippen LogP contribution in [0.1, 0.15) is 63.3 Å². The maximum absolute atomic E-state index is 13.4. The number of amides is 4. The molecular formula is C36H40N8O2S. The Kier molecular flexibility index (Phi) is 8.17. The highest BCUT2D eigenvalue weighted by Crippen LogP contribution is 2.40. The van der Waals surface area contributed by atoms with E-state index in [1.165, 1.54) is 17.1 Å². The zero-order valence-corrected chi connectivity index (χ0v) is 28.0. The van der Waals surface area contributed by atoms with Gasteiger partial charge in [-0.25, -0.2) is 19.3 Å². The predicted octanol–water partition coefficient (Wildman–Crippen LogP) is 8.14. The van der Waals surface area contributed by atoms with E-state index in [-0.39, 0.29) is 29.6 Å². The van der Waals surface area contributed by atoms with Crippen molar-refractivity contribution in [2.45, 2.75) is 77.3 Å². The number of hydrogen-bond donors (Lipinski definition) is 3. The van der Waals surface area contributed by atoms with Crippen molar-refractivity contribution < 1.29 is 9.59 Å². The number of nitrogens with zero attached hydrogens (tertiary/aromatic N) is 5. The molecule has 4 amide bonds. The van der Waals surface area contributed by atoms with Crippen LogP contribution < -0.4 is 16.0 Å². The molecule has 47 heavy (non-hydrogen) atoms.